The molecular weight excluding hydrogens is 620 g/mol. The zero-order valence-corrected chi connectivity index (χ0v) is 28.8. The fourth-order valence-electron chi connectivity index (χ4n) is 5.06. The standard InChI is InChI=1S/C33H46N8O5S/c1-8-31(43)35-25-19-26(29(45-7)20-27(25)40(6)14-13-39(4)5)37-33-34-21-28(41-15-17-46-18-16-41)32(38-33)36-24-11-9-10-12-30(24)47(44,22-42)23(2)3/h8-12,19-23,47H,1,13-18H2,2-7H3,(H,35,43)(H2,34,36,37,38). The molecule has 0 aliphatic carbocycles. The molecule has 0 radical (unpaired) electrons. The molecule has 4 rings (SSSR count). The predicted octanol–water partition coefficient (Wildman–Crippen LogP) is 3.91. The number of nitrogens with zero attached hydrogens (tertiary/aromatic N) is 5. The number of aromatic nitrogens is 2. The van der Waals surface area contributed by atoms with Crippen molar-refractivity contribution >= 4 is 61.7 Å². The Hall–Kier alpha value is -4.53. The minimum Gasteiger partial charge on any atom is -0.494 e. The van der Waals surface area contributed by atoms with Crippen LogP contribution in [0.25, 0.3) is 0 Å². The lowest BCUT2D eigenvalue weighted by Crippen LogP contribution is -2.36. The number of hydrogen-bond donors (Lipinski definition) is 4. The van der Waals surface area contributed by atoms with E-state index in [1.54, 1.807) is 51.4 Å². The van der Waals surface area contributed by atoms with Crippen LogP contribution in [-0.2, 0) is 24.3 Å². The number of benzene rings is 2. The molecule has 0 spiro atoms. The first-order chi connectivity index (χ1) is 22.5. The molecular formula is C33H46N8O5S. The van der Waals surface area contributed by atoms with Crippen molar-refractivity contribution in [3.8, 4) is 5.75 Å². The minimum absolute atomic E-state index is 0.248. The second-order valence-corrected chi connectivity index (χ2v) is 14.8. The summed E-state index contributed by atoms with van der Waals surface area (Å²) in [6.45, 7) is 11.0. The lowest BCUT2D eigenvalue weighted by molar-refractivity contribution is -0.111. The van der Waals surface area contributed by atoms with Gasteiger partial charge in [0.05, 0.1) is 55.0 Å². The summed E-state index contributed by atoms with van der Waals surface area (Å²) in [5, 5.41) is 9.15. The number of morpholine rings is 1. The number of hydrogen-bond acceptors (Lipinski definition) is 12. The molecule has 0 bridgehead atoms. The predicted molar refractivity (Wildman–Crippen MR) is 191 cm³/mol. The first-order valence-corrected chi connectivity index (χ1v) is 17.3. The average molecular weight is 667 g/mol. The normalized spacial score (nSPS) is 13.7. The summed E-state index contributed by atoms with van der Waals surface area (Å²) in [7, 11) is 4.14. The van der Waals surface area contributed by atoms with Gasteiger partial charge in [-0.25, -0.2) is 4.98 Å². The lowest BCUT2D eigenvalue weighted by Gasteiger charge is -2.30. The first kappa shape index (κ1) is 35.3. The van der Waals surface area contributed by atoms with Crippen molar-refractivity contribution in [1.82, 2.24) is 14.9 Å². The van der Waals surface area contributed by atoms with Crippen molar-refractivity contribution in [2.45, 2.75) is 24.0 Å². The van der Waals surface area contributed by atoms with E-state index >= 15 is 0 Å². The molecule has 14 heteroatoms. The van der Waals surface area contributed by atoms with Gasteiger partial charge in [-0.15, -0.1) is 0 Å². The molecule has 0 saturated carbocycles. The highest BCUT2D eigenvalue weighted by molar-refractivity contribution is 8.15. The zero-order chi connectivity index (χ0) is 34.1. The van der Waals surface area contributed by atoms with Gasteiger partial charge in [0.15, 0.2) is 11.4 Å². The Balaban J connectivity index is 1.78. The van der Waals surface area contributed by atoms with Gasteiger partial charge in [0, 0.05) is 49.4 Å². The fourth-order valence-corrected chi connectivity index (χ4v) is 6.80. The maximum Gasteiger partial charge on any atom is 0.247 e. The molecule has 13 nitrogen and oxygen atoms in total. The van der Waals surface area contributed by atoms with Gasteiger partial charge in [-0.1, -0.05) is 32.6 Å². The number of amides is 1. The van der Waals surface area contributed by atoms with Crippen LogP contribution in [0.1, 0.15) is 13.8 Å². The van der Waals surface area contributed by atoms with Crippen LogP contribution in [0.3, 0.4) is 0 Å². The van der Waals surface area contributed by atoms with Gasteiger partial charge in [0.1, 0.15) is 5.75 Å². The second-order valence-electron chi connectivity index (χ2n) is 11.7. The maximum absolute atomic E-state index is 13.8. The Morgan fingerprint density at radius 3 is 2.47 bits per heavy atom. The van der Waals surface area contributed by atoms with Gasteiger partial charge in [0.25, 0.3) is 0 Å². The Morgan fingerprint density at radius 2 is 1.83 bits per heavy atom. The largest absolute Gasteiger partial charge is 0.494 e. The van der Waals surface area contributed by atoms with E-state index in [0.29, 0.717) is 72.0 Å². The van der Waals surface area contributed by atoms with Crippen LogP contribution < -0.4 is 30.5 Å². The number of nitrogens with one attached hydrogen (secondary N) is 3. The van der Waals surface area contributed by atoms with Gasteiger partial charge < -0.3 is 40.1 Å². The molecule has 2 aromatic carbocycles. The number of rotatable bonds is 15. The molecule has 0 atom stereocenters. The van der Waals surface area contributed by atoms with Crippen molar-refractivity contribution in [1.29, 1.82) is 0 Å². The Labute approximate surface area is 277 Å². The molecule has 254 valence electrons. The average Bonchev–Trinajstić information content (AvgIpc) is 3.07. The molecule has 3 N–H and O–H groups in total. The van der Waals surface area contributed by atoms with E-state index in [0.717, 1.165) is 17.9 Å². The van der Waals surface area contributed by atoms with Crippen molar-refractivity contribution in [2.24, 2.45) is 0 Å². The topological polar surface area (TPSA) is 141 Å². The molecule has 47 heavy (non-hydrogen) atoms. The summed E-state index contributed by atoms with van der Waals surface area (Å²) < 4.78 is 25.1. The van der Waals surface area contributed by atoms with Gasteiger partial charge in [0.2, 0.25) is 11.9 Å². The summed E-state index contributed by atoms with van der Waals surface area (Å²) in [4.78, 5) is 40.7. The Morgan fingerprint density at radius 1 is 1.11 bits per heavy atom. The van der Waals surface area contributed by atoms with E-state index in [-0.39, 0.29) is 17.1 Å². The third-order valence-corrected chi connectivity index (χ3v) is 10.9. The van der Waals surface area contributed by atoms with Crippen LogP contribution in [-0.4, -0.2) is 103 Å². The molecule has 1 fully saturated rings. The quantitative estimate of drug-likeness (QED) is 0.106. The summed E-state index contributed by atoms with van der Waals surface area (Å²) in [6, 6.07) is 10.7. The molecule has 1 aromatic heterocycles. The second kappa shape index (κ2) is 15.8. The molecule has 1 saturated heterocycles. The van der Waals surface area contributed by atoms with E-state index in [1.165, 1.54) is 6.08 Å². The zero-order valence-electron chi connectivity index (χ0n) is 27.9. The van der Waals surface area contributed by atoms with Crippen molar-refractivity contribution in [3.63, 3.8) is 0 Å². The van der Waals surface area contributed by atoms with Gasteiger partial charge in [-0.2, -0.15) is 4.98 Å². The first-order valence-electron chi connectivity index (χ1n) is 15.4. The van der Waals surface area contributed by atoms with Crippen molar-refractivity contribution < 1.29 is 23.3 Å². The number of carbonyl (C=O) groups excluding carboxylic acids is 2. The SMILES string of the molecule is C=CC(=O)Nc1cc(Nc2ncc(N3CCOCC3)c(Nc3ccccc3[SH](=O)(C=O)C(C)C)n2)c(OC)cc1N(C)CCN(C)C. The Kier molecular flexibility index (Phi) is 11.9. The Bertz CT molecular complexity index is 1630. The van der Waals surface area contributed by atoms with Crippen LogP contribution in [0.2, 0.25) is 0 Å². The minimum atomic E-state index is -3.37. The highest BCUT2D eigenvalue weighted by atomic mass is 32.2. The van der Waals surface area contributed by atoms with Crippen molar-refractivity contribution in [2.75, 3.05) is 93.4 Å². The molecule has 1 aliphatic rings. The summed E-state index contributed by atoms with van der Waals surface area (Å²) in [5.74, 6) is 0.862. The van der Waals surface area contributed by atoms with E-state index in [4.69, 9.17) is 14.5 Å². The molecule has 1 amide bonds. The number of anilines is 7. The fraction of sp³-hybridized carbons (Fsp3) is 0.394. The molecule has 0 unspecified atom stereocenters. The molecule has 2 heterocycles. The van der Waals surface area contributed by atoms with Gasteiger partial charge in [-0.3, -0.25) is 13.8 Å². The van der Waals surface area contributed by atoms with Crippen molar-refractivity contribution in [3.05, 3.63) is 55.3 Å². The van der Waals surface area contributed by atoms with Crippen LogP contribution in [0, 0.1) is 0 Å². The van der Waals surface area contributed by atoms with Crippen LogP contribution in [0.4, 0.5) is 40.2 Å². The smallest absolute Gasteiger partial charge is 0.247 e. The molecule has 3 aromatic rings. The van der Waals surface area contributed by atoms with E-state index in [1.807, 2.05) is 38.2 Å². The summed E-state index contributed by atoms with van der Waals surface area (Å²) in [5.41, 5.74) is 3.65. The van der Waals surface area contributed by atoms with Crippen LogP contribution in [0.15, 0.2) is 60.1 Å². The third kappa shape index (κ3) is 8.44. The monoisotopic (exact) mass is 666 g/mol. The van der Waals surface area contributed by atoms with E-state index in [2.05, 4.69) is 37.3 Å². The van der Waals surface area contributed by atoms with Crippen LogP contribution in [0.5, 0.6) is 5.75 Å². The van der Waals surface area contributed by atoms with Gasteiger partial charge in [-0.05, 0) is 48.3 Å². The highest BCUT2D eigenvalue weighted by Gasteiger charge is 2.26. The third-order valence-electron chi connectivity index (χ3n) is 7.88. The molecule has 1 aliphatic heterocycles. The van der Waals surface area contributed by atoms with E-state index in [9.17, 15) is 13.8 Å². The highest BCUT2D eigenvalue weighted by Crippen LogP contribution is 2.39. The number of carbonyl (C=O) groups is 2. The maximum atomic E-state index is 13.8. The van der Waals surface area contributed by atoms with Gasteiger partial charge >= 0.3 is 0 Å². The van der Waals surface area contributed by atoms with Crippen LogP contribution >= 0.6 is 0 Å². The number of methoxy groups -OCH3 is 1. The number of likely N-dealkylation sites (N-methyl/N-ethyl adjacent to an activating group) is 2. The summed E-state index contributed by atoms with van der Waals surface area (Å²) in [6.07, 6.45) is 2.93. The number of ether oxygens (including phenoxy) is 2. The number of thiol groups is 1. The lowest BCUT2D eigenvalue weighted by atomic mass is 10.2. The van der Waals surface area contributed by atoms with E-state index < -0.39 is 9.93 Å². The summed E-state index contributed by atoms with van der Waals surface area (Å²) >= 11 is 0. The number of para-hydroxylation sites is 1.